The van der Waals surface area contributed by atoms with Gasteiger partial charge in [0.2, 0.25) is 5.89 Å². The lowest BCUT2D eigenvalue weighted by Gasteiger charge is -2.23. The first-order valence-electron chi connectivity index (χ1n) is 4.17. The molecule has 2 heterocycles. The Morgan fingerprint density at radius 2 is 2.21 bits per heavy atom. The van der Waals surface area contributed by atoms with E-state index in [9.17, 15) is 13.2 Å². The molecule has 0 bridgehead atoms. The third-order valence-electron chi connectivity index (χ3n) is 1.96. The minimum atomic E-state index is -4.28. The van der Waals surface area contributed by atoms with Crippen molar-refractivity contribution in [2.45, 2.75) is 25.1 Å². The van der Waals surface area contributed by atoms with E-state index in [-0.39, 0.29) is 17.8 Å². The van der Waals surface area contributed by atoms with Crippen LogP contribution >= 0.6 is 0 Å². The second-order valence-corrected chi connectivity index (χ2v) is 3.14. The molecule has 1 aliphatic heterocycles. The second kappa shape index (κ2) is 3.23. The normalized spacial score (nSPS) is 22.1. The lowest BCUT2D eigenvalue weighted by Crippen LogP contribution is -2.35. The first kappa shape index (κ1) is 9.45. The van der Waals surface area contributed by atoms with E-state index in [1.807, 2.05) is 0 Å². The van der Waals surface area contributed by atoms with E-state index in [1.165, 1.54) is 0 Å². The van der Waals surface area contributed by atoms with Crippen LogP contribution in [0.15, 0.2) is 4.52 Å². The molecule has 0 spiro atoms. The third-order valence-corrected chi connectivity index (χ3v) is 1.96. The Labute approximate surface area is 77.5 Å². The predicted molar refractivity (Wildman–Crippen MR) is 39.4 cm³/mol. The SMILES string of the molecule is FC(F)(F)Cc1noc(C2CCN2)n1. The number of hydrogen-bond donors (Lipinski definition) is 1. The number of hydrogen-bond acceptors (Lipinski definition) is 4. The van der Waals surface area contributed by atoms with Crippen molar-refractivity contribution in [1.29, 1.82) is 0 Å². The Morgan fingerprint density at radius 1 is 1.50 bits per heavy atom. The number of aromatic nitrogens is 2. The highest BCUT2D eigenvalue weighted by molar-refractivity contribution is 4.97. The summed E-state index contributed by atoms with van der Waals surface area (Å²) in [5, 5.41) is 6.22. The van der Waals surface area contributed by atoms with Crippen LogP contribution in [0.5, 0.6) is 0 Å². The molecule has 0 saturated carbocycles. The van der Waals surface area contributed by atoms with Gasteiger partial charge in [0.05, 0.1) is 6.04 Å². The highest BCUT2D eigenvalue weighted by Crippen LogP contribution is 2.23. The Bertz CT molecular complexity index is 318. The molecule has 14 heavy (non-hydrogen) atoms. The van der Waals surface area contributed by atoms with E-state index in [4.69, 9.17) is 4.52 Å². The van der Waals surface area contributed by atoms with Crippen molar-refractivity contribution in [3.8, 4) is 0 Å². The zero-order chi connectivity index (χ0) is 10.2. The number of nitrogens with zero attached hydrogens (tertiary/aromatic N) is 2. The van der Waals surface area contributed by atoms with Crippen LogP contribution in [-0.2, 0) is 6.42 Å². The van der Waals surface area contributed by atoms with Crippen LogP contribution in [0.1, 0.15) is 24.2 Å². The van der Waals surface area contributed by atoms with Crippen molar-refractivity contribution < 1.29 is 17.7 Å². The van der Waals surface area contributed by atoms with E-state index < -0.39 is 12.6 Å². The Morgan fingerprint density at radius 3 is 2.71 bits per heavy atom. The third kappa shape index (κ3) is 2.03. The molecule has 1 atom stereocenters. The molecular formula is C7H8F3N3O. The quantitative estimate of drug-likeness (QED) is 0.791. The highest BCUT2D eigenvalue weighted by atomic mass is 19.4. The van der Waals surface area contributed by atoms with E-state index in [0.29, 0.717) is 0 Å². The number of halogens is 3. The van der Waals surface area contributed by atoms with Gasteiger partial charge in [-0.25, -0.2) is 0 Å². The minimum Gasteiger partial charge on any atom is -0.338 e. The van der Waals surface area contributed by atoms with E-state index in [2.05, 4.69) is 15.5 Å². The van der Waals surface area contributed by atoms with Gasteiger partial charge in [0.1, 0.15) is 6.42 Å². The first-order chi connectivity index (χ1) is 6.54. The Kier molecular flexibility index (Phi) is 2.18. The highest BCUT2D eigenvalue weighted by Gasteiger charge is 2.32. The topological polar surface area (TPSA) is 51.0 Å². The van der Waals surface area contributed by atoms with Crippen LogP contribution in [0.4, 0.5) is 13.2 Å². The fourth-order valence-corrected chi connectivity index (χ4v) is 1.16. The van der Waals surface area contributed by atoms with Gasteiger partial charge in [0, 0.05) is 0 Å². The molecule has 1 N–H and O–H groups in total. The summed E-state index contributed by atoms with van der Waals surface area (Å²) in [6, 6.07) is -0.0653. The van der Waals surface area contributed by atoms with Gasteiger partial charge in [-0.15, -0.1) is 0 Å². The van der Waals surface area contributed by atoms with Crippen LogP contribution < -0.4 is 5.32 Å². The molecule has 1 aromatic rings. The summed E-state index contributed by atoms with van der Waals surface area (Å²) in [6.45, 7) is 0.835. The van der Waals surface area contributed by atoms with Gasteiger partial charge >= 0.3 is 6.18 Å². The lowest BCUT2D eigenvalue weighted by molar-refractivity contribution is -0.128. The molecule has 0 amide bonds. The maximum absolute atomic E-state index is 11.9. The van der Waals surface area contributed by atoms with Gasteiger partial charge < -0.3 is 9.84 Å². The van der Waals surface area contributed by atoms with Gasteiger partial charge in [-0.05, 0) is 13.0 Å². The van der Waals surface area contributed by atoms with Crippen molar-refractivity contribution in [1.82, 2.24) is 15.5 Å². The molecule has 1 saturated heterocycles. The maximum atomic E-state index is 11.9. The van der Waals surface area contributed by atoms with Gasteiger partial charge in [0.15, 0.2) is 5.82 Å². The van der Waals surface area contributed by atoms with Gasteiger partial charge in [0.25, 0.3) is 0 Å². The minimum absolute atomic E-state index is 0.0653. The molecule has 1 aromatic heterocycles. The number of nitrogens with one attached hydrogen (secondary N) is 1. The molecule has 0 aromatic carbocycles. The molecule has 1 unspecified atom stereocenters. The predicted octanol–water partition coefficient (Wildman–Crippen LogP) is 1.21. The second-order valence-electron chi connectivity index (χ2n) is 3.14. The largest absolute Gasteiger partial charge is 0.396 e. The van der Waals surface area contributed by atoms with Crippen LogP contribution in [0, 0.1) is 0 Å². The van der Waals surface area contributed by atoms with Crippen LogP contribution in [0.3, 0.4) is 0 Å². The summed E-state index contributed by atoms with van der Waals surface area (Å²) in [5.41, 5.74) is 0. The van der Waals surface area contributed by atoms with Crippen molar-refractivity contribution in [2.75, 3.05) is 6.54 Å². The maximum Gasteiger partial charge on any atom is 0.396 e. The van der Waals surface area contributed by atoms with Crippen molar-refractivity contribution >= 4 is 0 Å². The fourth-order valence-electron chi connectivity index (χ4n) is 1.16. The number of alkyl halides is 3. The summed E-state index contributed by atoms with van der Waals surface area (Å²) in [7, 11) is 0. The van der Waals surface area contributed by atoms with Crippen molar-refractivity contribution in [3.05, 3.63) is 11.7 Å². The van der Waals surface area contributed by atoms with E-state index >= 15 is 0 Å². The van der Waals surface area contributed by atoms with Crippen LogP contribution in [0.2, 0.25) is 0 Å². The monoisotopic (exact) mass is 207 g/mol. The average molecular weight is 207 g/mol. The van der Waals surface area contributed by atoms with Gasteiger partial charge in [-0.2, -0.15) is 18.2 Å². The summed E-state index contributed by atoms with van der Waals surface area (Å²) >= 11 is 0. The van der Waals surface area contributed by atoms with Crippen molar-refractivity contribution in [2.24, 2.45) is 0 Å². The molecule has 4 nitrogen and oxygen atoms in total. The van der Waals surface area contributed by atoms with E-state index in [1.54, 1.807) is 0 Å². The fraction of sp³-hybridized carbons (Fsp3) is 0.714. The smallest absolute Gasteiger partial charge is 0.338 e. The molecule has 7 heteroatoms. The number of rotatable bonds is 2. The Hall–Kier alpha value is -1.11. The average Bonchev–Trinajstić information content (AvgIpc) is 2.28. The van der Waals surface area contributed by atoms with Gasteiger partial charge in [-0.3, -0.25) is 0 Å². The summed E-state index contributed by atoms with van der Waals surface area (Å²) in [6.07, 6.45) is -4.59. The molecule has 1 aliphatic rings. The zero-order valence-corrected chi connectivity index (χ0v) is 7.14. The summed E-state index contributed by atoms with van der Waals surface area (Å²) in [5.74, 6) is -0.0586. The molecule has 78 valence electrons. The summed E-state index contributed by atoms with van der Waals surface area (Å²) < 4.78 is 40.4. The van der Waals surface area contributed by atoms with E-state index in [0.717, 1.165) is 13.0 Å². The first-order valence-corrected chi connectivity index (χ1v) is 4.17. The zero-order valence-electron chi connectivity index (χ0n) is 7.14. The molecular weight excluding hydrogens is 199 g/mol. The lowest BCUT2D eigenvalue weighted by atomic mass is 10.1. The van der Waals surface area contributed by atoms with Crippen LogP contribution in [0.25, 0.3) is 0 Å². The summed E-state index contributed by atoms with van der Waals surface area (Å²) in [4.78, 5) is 3.66. The molecule has 0 aliphatic carbocycles. The van der Waals surface area contributed by atoms with Crippen molar-refractivity contribution in [3.63, 3.8) is 0 Å². The standard InChI is InChI=1S/C7H8F3N3O/c8-7(9,10)3-5-12-6(14-13-5)4-1-2-11-4/h4,11H,1-3H2. The molecule has 1 fully saturated rings. The molecule has 0 radical (unpaired) electrons. The molecule has 2 rings (SSSR count). The van der Waals surface area contributed by atoms with Crippen LogP contribution in [-0.4, -0.2) is 22.9 Å². The van der Waals surface area contributed by atoms with Gasteiger partial charge in [-0.1, -0.05) is 5.16 Å². The Balaban J connectivity index is 2.02.